The van der Waals surface area contributed by atoms with Gasteiger partial charge in [-0.2, -0.15) is 5.10 Å². The average molecular weight is 384 g/mol. The van der Waals surface area contributed by atoms with Crippen molar-refractivity contribution in [1.82, 2.24) is 20.1 Å². The molecule has 0 unspecified atom stereocenters. The highest BCUT2D eigenvalue weighted by atomic mass is 16.5. The zero-order valence-electron chi connectivity index (χ0n) is 15.9. The third-order valence-electron chi connectivity index (χ3n) is 4.50. The molecule has 0 radical (unpaired) electrons. The molecule has 0 aliphatic rings. The fourth-order valence-electron chi connectivity index (χ4n) is 3.02. The first-order valence-corrected chi connectivity index (χ1v) is 9.21. The van der Waals surface area contributed by atoms with Crippen molar-refractivity contribution in [3.63, 3.8) is 0 Å². The van der Waals surface area contributed by atoms with Gasteiger partial charge in [-0.3, -0.25) is 9.78 Å². The van der Waals surface area contributed by atoms with Crippen molar-refractivity contribution in [2.24, 2.45) is 0 Å². The quantitative estimate of drug-likeness (QED) is 0.548. The summed E-state index contributed by atoms with van der Waals surface area (Å²) in [6.45, 7) is 0.390. The summed E-state index contributed by atoms with van der Waals surface area (Å²) in [4.78, 5) is 17.1. The van der Waals surface area contributed by atoms with Gasteiger partial charge in [0, 0.05) is 30.7 Å². The molecule has 2 aromatic heterocycles. The Morgan fingerprint density at radius 2 is 1.93 bits per heavy atom. The van der Waals surface area contributed by atoms with E-state index >= 15 is 0 Å². The van der Waals surface area contributed by atoms with Gasteiger partial charge in [0.2, 0.25) is 0 Å². The number of rotatable bonds is 6. The summed E-state index contributed by atoms with van der Waals surface area (Å²) in [6.07, 6.45) is 5.19. The summed E-state index contributed by atoms with van der Waals surface area (Å²) in [5.74, 6) is 0.507. The molecule has 0 saturated carbocycles. The second-order valence-corrected chi connectivity index (χ2v) is 6.45. The Labute approximate surface area is 168 Å². The lowest BCUT2D eigenvalue weighted by Gasteiger charge is -2.06. The molecule has 2 aromatic carbocycles. The number of methoxy groups -OCH3 is 1. The minimum Gasteiger partial charge on any atom is -0.497 e. The summed E-state index contributed by atoms with van der Waals surface area (Å²) in [7, 11) is 1.61. The van der Waals surface area contributed by atoms with Crippen LogP contribution in [0.15, 0.2) is 85.3 Å². The summed E-state index contributed by atoms with van der Waals surface area (Å²) in [5.41, 5.74) is 3.70. The molecule has 0 fully saturated rings. The number of carbonyl (C=O) groups excluding carboxylic acids is 1. The summed E-state index contributed by atoms with van der Waals surface area (Å²) in [6, 6.07) is 21.0. The smallest absolute Gasteiger partial charge is 0.255 e. The van der Waals surface area contributed by atoms with Crippen LogP contribution in [0, 0.1) is 0 Å². The lowest BCUT2D eigenvalue weighted by Crippen LogP contribution is -2.23. The van der Waals surface area contributed by atoms with Crippen molar-refractivity contribution >= 4 is 5.91 Å². The normalized spacial score (nSPS) is 10.5. The van der Waals surface area contributed by atoms with Crippen LogP contribution in [0.4, 0.5) is 0 Å². The van der Waals surface area contributed by atoms with E-state index < -0.39 is 0 Å². The first-order chi connectivity index (χ1) is 14.2. The molecular weight excluding hydrogens is 364 g/mol. The van der Waals surface area contributed by atoms with Crippen molar-refractivity contribution in [1.29, 1.82) is 0 Å². The number of nitrogens with one attached hydrogen (secondary N) is 1. The van der Waals surface area contributed by atoms with Gasteiger partial charge < -0.3 is 10.1 Å². The van der Waals surface area contributed by atoms with Crippen LogP contribution in [0.5, 0.6) is 5.75 Å². The van der Waals surface area contributed by atoms with Crippen LogP contribution < -0.4 is 10.1 Å². The predicted octanol–water partition coefficient (Wildman–Crippen LogP) is 3.87. The zero-order chi connectivity index (χ0) is 20.1. The monoisotopic (exact) mass is 384 g/mol. The van der Waals surface area contributed by atoms with Crippen LogP contribution in [0.1, 0.15) is 15.9 Å². The Morgan fingerprint density at radius 3 is 2.69 bits per heavy atom. The van der Waals surface area contributed by atoms with Crippen LogP contribution in [-0.4, -0.2) is 27.8 Å². The van der Waals surface area contributed by atoms with E-state index in [0.717, 1.165) is 16.8 Å². The maximum absolute atomic E-state index is 13.0. The lowest BCUT2D eigenvalue weighted by molar-refractivity contribution is 0.0951. The molecule has 1 N–H and O–H groups in total. The van der Waals surface area contributed by atoms with Gasteiger partial charge in [0.25, 0.3) is 5.91 Å². The van der Waals surface area contributed by atoms with Crippen LogP contribution >= 0.6 is 0 Å². The van der Waals surface area contributed by atoms with E-state index in [2.05, 4.69) is 10.3 Å². The number of hydrogen-bond donors (Lipinski definition) is 1. The molecule has 6 nitrogen and oxygen atoms in total. The maximum atomic E-state index is 13.0. The lowest BCUT2D eigenvalue weighted by atomic mass is 10.1. The maximum Gasteiger partial charge on any atom is 0.255 e. The fraction of sp³-hybridized carbons (Fsp3) is 0.0870. The number of hydrogen-bond acceptors (Lipinski definition) is 4. The molecule has 0 aliphatic heterocycles. The first kappa shape index (κ1) is 18.4. The third-order valence-corrected chi connectivity index (χ3v) is 4.50. The molecule has 0 atom stereocenters. The number of para-hydroxylation sites is 1. The van der Waals surface area contributed by atoms with Crippen LogP contribution in [0.25, 0.3) is 16.9 Å². The second-order valence-electron chi connectivity index (χ2n) is 6.45. The molecule has 0 aliphatic carbocycles. The molecule has 0 spiro atoms. The molecule has 0 saturated heterocycles. The largest absolute Gasteiger partial charge is 0.497 e. The standard InChI is InChI=1S/C23H20N4O2/c1-29-20-11-5-8-18(13-20)22-21(16-27(26-22)19-9-3-2-4-10-19)23(28)25-15-17-7-6-12-24-14-17/h2-14,16H,15H2,1H3,(H,25,28). The third kappa shape index (κ3) is 4.16. The Morgan fingerprint density at radius 1 is 1.07 bits per heavy atom. The number of aromatic nitrogens is 3. The molecule has 4 rings (SSSR count). The summed E-state index contributed by atoms with van der Waals surface area (Å²) < 4.78 is 7.05. The molecular formula is C23H20N4O2. The van der Waals surface area contributed by atoms with Crippen molar-refractivity contribution in [3.8, 4) is 22.7 Å². The molecule has 144 valence electrons. The highest BCUT2D eigenvalue weighted by Gasteiger charge is 2.19. The van der Waals surface area contributed by atoms with Gasteiger partial charge in [-0.1, -0.05) is 36.4 Å². The Balaban J connectivity index is 1.70. The van der Waals surface area contributed by atoms with Crippen molar-refractivity contribution in [2.45, 2.75) is 6.54 Å². The first-order valence-electron chi connectivity index (χ1n) is 9.21. The summed E-state index contributed by atoms with van der Waals surface area (Å²) in [5, 5.41) is 7.65. The van der Waals surface area contributed by atoms with Crippen molar-refractivity contribution < 1.29 is 9.53 Å². The minimum atomic E-state index is -0.200. The molecule has 6 heteroatoms. The number of nitrogens with zero attached hydrogens (tertiary/aromatic N) is 3. The highest BCUT2D eigenvalue weighted by molar-refractivity contribution is 6.00. The second kappa shape index (κ2) is 8.39. The van der Waals surface area contributed by atoms with E-state index in [1.165, 1.54) is 0 Å². The van der Waals surface area contributed by atoms with Crippen molar-refractivity contribution in [3.05, 3.63) is 96.4 Å². The van der Waals surface area contributed by atoms with Gasteiger partial charge in [0.15, 0.2) is 0 Å². The Kier molecular flexibility index (Phi) is 5.33. The van der Waals surface area contributed by atoms with Gasteiger partial charge >= 0.3 is 0 Å². The number of benzene rings is 2. The number of amides is 1. The van der Waals surface area contributed by atoms with E-state index in [1.807, 2.05) is 66.7 Å². The van der Waals surface area contributed by atoms with E-state index in [1.54, 1.807) is 30.4 Å². The number of pyridine rings is 1. The predicted molar refractivity (Wildman–Crippen MR) is 111 cm³/mol. The van der Waals surface area contributed by atoms with Crippen LogP contribution in [0.2, 0.25) is 0 Å². The van der Waals surface area contributed by atoms with Gasteiger partial charge in [0.05, 0.1) is 18.4 Å². The molecule has 1 amide bonds. The summed E-state index contributed by atoms with van der Waals surface area (Å²) >= 11 is 0. The van der Waals surface area contributed by atoms with Crippen LogP contribution in [-0.2, 0) is 6.54 Å². The highest BCUT2D eigenvalue weighted by Crippen LogP contribution is 2.27. The van der Waals surface area contributed by atoms with E-state index in [9.17, 15) is 4.79 Å². The van der Waals surface area contributed by atoms with Gasteiger partial charge in [0.1, 0.15) is 11.4 Å². The van der Waals surface area contributed by atoms with E-state index in [0.29, 0.717) is 23.6 Å². The SMILES string of the molecule is COc1cccc(-c2nn(-c3ccccc3)cc2C(=O)NCc2cccnc2)c1. The van der Waals surface area contributed by atoms with Crippen LogP contribution in [0.3, 0.4) is 0 Å². The van der Waals surface area contributed by atoms with Gasteiger partial charge in [-0.15, -0.1) is 0 Å². The van der Waals surface area contributed by atoms with E-state index in [-0.39, 0.29) is 5.91 Å². The number of ether oxygens (including phenoxy) is 1. The van der Waals surface area contributed by atoms with Gasteiger partial charge in [-0.25, -0.2) is 4.68 Å². The topological polar surface area (TPSA) is 69.0 Å². The van der Waals surface area contributed by atoms with Gasteiger partial charge in [-0.05, 0) is 35.9 Å². The molecule has 2 heterocycles. The Hall–Kier alpha value is -3.93. The molecule has 0 bridgehead atoms. The Bertz CT molecular complexity index is 1110. The molecule has 4 aromatic rings. The average Bonchev–Trinajstić information content (AvgIpc) is 3.24. The number of carbonyl (C=O) groups is 1. The molecule has 29 heavy (non-hydrogen) atoms. The zero-order valence-corrected chi connectivity index (χ0v) is 15.9. The minimum absolute atomic E-state index is 0.200. The fourth-order valence-corrected chi connectivity index (χ4v) is 3.02. The van der Waals surface area contributed by atoms with E-state index in [4.69, 9.17) is 9.84 Å². The van der Waals surface area contributed by atoms with Crippen molar-refractivity contribution in [2.75, 3.05) is 7.11 Å².